The molecule has 0 aromatic heterocycles. The van der Waals surface area contributed by atoms with Crippen LogP contribution in [-0.4, -0.2) is 12.6 Å². The fraction of sp³-hybridized carbons (Fsp3) is 0.529. The number of benzene rings is 1. The van der Waals surface area contributed by atoms with Crippen LogP contribution >= 0.6 is 0 Å². The molecule has 1 aromatic rings. The fourth-order valence-corrected chi connectivity index (χ4v) is 2.77. The lowest BCUT2D eigenvalue weighted by atomic mass is 9.85. The van der Waals surface area contributed by atoms with E-state index in [1.807, 2.05) is 24.3 Å². The van der Waals surface area contributed by atoms with E-state index in [0.29, 0.717) is 18.6 Å². The molecule has 2 N–H and O–H groups in total. The summed E-state index contributed by atoms with van der Waals surface area (Å²) >= 11 is 0. The zero-order valence-corrected chi connectivity index (χ0v) is 11.7. The standard InChI is InChI=1S/C17H23NO/c1-2-15-9-3-4-11-17(15)19-16-10-5-7-14(13-16)8-6-12-18/h5,7,10,13,15,17H,2-4,9,11-12,18H2,1H3. The number of ether oxygens (including phenoxy) is 1. The lowest BCUT2D eigenvalue weighted by molar-refractivity contribution is 0.0904. The van der Waals surface area contributed by atoms with E-state index >= 15 is 0 Å². The summed E-state index contributed by atoms with van der Waals surface area (Å²) in [6.07, 6.45) is 6.69. The lowest BCUT2D eigenvalue weighted by Gasteiger charge is -2.31. The highest BCUT2D eigenvalue weighted by atomic mass is 16.5. The van der Waals surface area contributed by atoms with Crippen LogP contribution in [0.1, 0.15) is 44.6 Å². The van der Waals surface area contributed by atoms with Crippen molar-refractivity contribution in [3.63, 3.8) is 0 Å². The molecule has 0 saturated heterocycles. The van der Waals surface area contributed by atoms with E-state index in [0.717, 1.165) is 11.3 Å². The third kappa shape index (κ3) is 4.01. The molecule has 0 bridgehead atoms. The molecule has 2 nitrogen and oxygen atoms in total. The van der Waals surface area contributed by atoms with E-state index in [1.165, 1.54) is 32.1 Å². The molecule has 2 rings (SSSR count). The minimum Gasteiger partial charge on any atom is -0.490 e. The van der Waals surface area contributed by atoms with Crippen molar-refractivity contribution in [1.82, 2.24) is 0 Å². The SMILES string of the molecule is CCC1CCCCC1Oc1cccc(C#CCN)c1. The zero-order chi connectivity index (χ0) is 13.5. The molecule has 1 fully saturated rings. The summed E-state index contributed by atoms with van der Waals surface area (Å²) in [5.74, 6) is 7.57. The summed E-state index contributed by atoms with van der Waals surface area (Å²) in [7, 11) is 0. The molecular formula is C17H23NO. The first-order valence-corrected chi connectivity index (χ1v) is 7.29. The summed E-state index contributed by atoms with van der Waals surface area (Å²) in [6.45, 7) is 2.65. The predicted molar refractivity (Wildman–Crippen MR) is 79.0 cm³/mol. The van der Waals surface area contributed by atoms with Crippen LogP contribution in [0.25, 0.3) is 0 Å². The normalized spacial score (nSPS) is 22.4. The number of nitrogens with two attached hydrogens (primary N) is 1. The van der Waals surface area contributed by atoms with Crippen LogP contribution in [0.2, 0.25) is 0 Å². The quantitative estimate of drug-likeness (QED) is 0.843. The van der Waals surface area contributed by atoms with Crippen LogP contribution in [-0.2, 0) is 0 Å². The highest BCUT2D eigenvalue weighted by Crippen LogP contribution is 2.30. The van der Waals surface area contributed by atoms with Crippen LogP contribution in [0, 0.1) is 17.8 Å². The first kappa shape index (κ1) is 14.0. The van der Waals surface area contributed by atoms with Gasteiger partial charge in [0, 0.05) is 5.56 Å². The Morgan fingerprint density at radius 1 is 1.32 bits per heavy atom. The summed E-state index contributed by atoms with van der Waals surface area (Å²) in [6, 6.07) is 8.03. The Morgan fingerprint density at radius 3 is 2.95 bits per heavy atom. The van der Waals surface area contributed by atoms with E-state index in [2.05, 4.69) is 18.8 Å². The predicted octanol–water partition coefficient (Wildman–Crippen LogP) is 3.34. The van der Waals surface area contributed by atoms with Crippen molar-refractivity contribution in [3.05, 3.63) is 29.8 Å². The zero-order valence-electron chi connectivity index (χ0n) is 11.7. The molecule has 2 heteroatoms. The lowest BCUT2D eigenvalue weighted by Crippen LogP contribution is -2.29. The van der Waals surface area contributed by atoms with Crippen molar-refractivity contribution < 1.29 is 4.74 Å². The van der Waals surface area contributed by atoms with E-state index in [-0.39, 0.29) is 0 Å². The fourth-order valence-electron chi connectivity index (χ4n) is 2.77. The molecule has 1 aliphatic carbocycles. The monoisotopic (exact) mass is 257 g/mol. The van der Waals surface area contributed by atoms with Crippen LogP contribution in [0.4, 0.5) is 0 Å². The molecule has 0 aliphatic heterocycles. The minimum atomic E-state index is 0.372. The average molecular weight is 257 g/mol. The topological polar surface area (TPSA) is 35.2 Å². The van der Waals surface area contributed by atoms with Gasteiger partial charge in [-0.15, -0.1) is 0 Å². The van der Waals surface area contributed by atoms with E-state index < -0.39 is 0 Å². The Labute approximate surface area is 116 Å². The van der Waals surface area contributed by atoms with Gasteiger partial charge < -0.3 is 10.5 Å². The van der Waals surface area contributed by atoms with Crippen LogP contribution < -0.4 is 10.5 Å². The maximum absolute atomic E-state index is 6.18. The summed E-state index contributed by atoms with van der Waals surface area (Å²) < 4.78 is 6.18. The van der Waals surface area contributed by atoms with Crippen LogP contribution in [0.15, 0.2) is 24.3 Å². The van der Waals surface area contributed by atoms with Gasteiger partial charge in [0.1, 0.15) is 11.9 Å². The smallest absolute Gasteiger partial charge is 0.120 e. The second-order valence-corrected chi connectivity index (χ2v) is 5.14. The van der Waals surface area contributed by atoms with Gasteiger partial charge in [0.2, 0.25) is 0 Å². The van der Waals surface area contributed by atoms with E-state index in [4.69, 9.17) is 10.5 Å². The van der Waals surface area contributed by atoms with Crippen molar-refractivity contribution >= 4 is 0 Å². The summed E-state index contributed by atoms with van der Waals surface area (Å²) in [4.78, 5) is 0. The Morgan fingerprint density at radius 2 is 2.16 bits per heavy atom. The minimum absolute atomic E-state index is 0.372. The van der Waals surface area contributed by atoms with Crippen LogP contribution in [0.5, 0.6) is 5.75 Å². The van der Waals surface area contributed by atoms with Gasteiger partial charge in [-0.2, -0.15) is 0 Å². The van der Waals surface area contributed by atoms with Gasteiger partial charge in [-0.05, 0) is 49.8 Å². The van der Waals surface area contributed by atoms with Crippen molar-refractivity contribution in [1.29, 1.82) is 0 Å². The van der Waals surface area contributed by atoms with Crippen molar-refractivity contribution in [2.45, 2.75) is 45.1 Å². The molecule has 0 amide bonds. The Kier molecular flexibility index (Phi) is 5.30. The molecule has 2 atom stereocenters. The highest BCUT2D eigenvalue weighted by molar-refractivity contribution is 5.40. The van der Waals surface area contributed by atoms with E-state index in [9.17, 15) is 0 Å². The average Bonchev–Trinajstić information content (AvgIpc) is 2.46. The van der Waals surface area contributed by atoms with Crippen molar-refractivity contribution in [3.8, 4) is 17.6 Å². The number of hydrogen-bond donors (Lipinski definition) is 1. The van der Waals surface area contributed by atoms with Gasteiger partial charge in [0.25, 0.3) is 0 Å². The third-order valence-electron chi connectivity index (χ3n) is 3.82. The van der Waals surface area contributed by atoms with Gasteiger partial charge in [0.05, 0.1) is 6.54 Å². The maximum atomic E-state index is 6.18. The van der Waals surface area contributed by atoms with Crippen molar-refractivity contribution in [2.75, 3.05) is 6.54 Å². The second-order valence-electron chi connectivity index (χ2n) is 5.14. The summed E-state index contributed by atoms with van der Waals surface area (Å²) in [5, 5.41) is 0. The molecule has 0 spiro atoms. The highest BCUT2D eigenvalue weighted by Gasteiger charge is 2.25. The Hall–Kier alpha value is -1.46. The molecule has 0 heterocycles. The van der Waals surface area contributed by atoms with Gasteiger partial charge in [-0.3, -0.25) is 0 Å². The number of rotatable bonds is 3. The van der Waals surface area contributed by atoms with Gasteiger partial charge in [-0.25, -0.2) is 0 Å². The molecule has 0 radical (unpaired) electrons. The molecule has 1 saturated carbocycles. The summed E-state index contributed by atoms with van der Waals surface area (Å²) in [5.41, 5.74) is 6.37. The molecule has 1 aliphatic rings. The molecule has 19 heavy (non-hydrogen) atoms. The first-order chi connectivity index (χ1) is 9.33. The van der Waals surface area contributed by atoms with Gasteiger partial charge >= 0.3 is 0 Å². The van der Waals surface area contributed by atoms with Crippen LogP contribution in [0.3, 0.4) is 0 Å². The first-order valence-electron chi connectivity index (χ1n) is 7.29. The Balaban J connectivity index is 2.05. The third-order valence-corrected chi connectivity index (χ3v) is 3.82. The van der Waals surface area contributed by atoms with E-state index in [1.54, 1.807) is 0 Å². The molecule has 2 unspecified atom stereocenters. The number of hydrogen-bond acceptors (Lipinski definition) is 2. The molecule has 102 valence electrons. The Bertz CT molecular complexity index is 458. The van der Waals surface area contributed by atoms with Gasteiger partial charge in [0.15, 0.2) is 0 Å². The maximum Gasteiger partial charge on any atom is 0.120 e. The molecular weight excluding hydrogens is 234 g/mol. The second kappa shape index (κ2) is 7.21. The van der Waals surface area contributed by atoms with Crippen molar-refractivity contribution in [2.24, 2.45) is 11.7 Å². The largest absolute Gasteiger partial charge is 0.490 e. The van der Waals surface area contributed by atoms with Gasteiger partial charge in [-0.1, -0.05) is 31.3 Å². The molecule has 1 aromatic carbocycles.